The molecule has 1 saturated carbocycles. The van der Waals surface area contributed by atoms with Gasteiger partial charge in [0.25, 0.3) is 0 Å². The molecule has 0 bridgehead atoms. The Hall–Kier alpha value is -0.300. The van der Waals surface area contributed by atoms with Gasteiger partial charge in [-0.05, 0) is 30.6 Å². The molecule has 0 saturated heterocycles. The zero-order valence-corrected chi connectivity index (χ0v) is 10.4. The first kappa shape index (κ1) is 11.2. The van der Waals surface area contributed by atoms with E-state index in [2.05, 4.69) is 32.9 Å². The third kappa shape index (κ3) is 2.13. The molecule has 0 unspecified atom stereocenters. The highest BCUT2D eigenvalue weighted by Crippen LogP contribution is 2.48. The lowest BCUT2D eigenvalue weighted by atomic mass is 9.63. The van der Waals surface area contributed by atoms with Crippen molar-refractivity contribution in [2.24, 2.45) is 11.3 Å². The maximum absolute atomic E-state index is 6.16. The summed E-state index contributed by atoms with van der Waals surface area (Å²) in [7, 11) is 0. The van der Waals surface area contributed by atoms with Gasteiger partial charge in [0.2, 0.25) is 0 Å². The van der Waals surface area contributed by atoms with E-state index < -0.39 is 0 Å². The van der Waals surface area contributed by atoms with Crippen molar-refractivity contribution in [3.63, 3.8) is 0 Å². The molecule has 0 aromatic heterocycles. The summed E-state index contributed by atoms with van der Waals surface area (Å²) in [4.78, 5) is 0. The Balaban J connectivity index is 2.25. The number of hydrogen-bond donors (Lipinski definition) is 0. The van der Waals surface area contributed by atoms with Crippen LogP contribution in [0, 0.1) is 11.3 Å². The van der Waals surface area contributed by atoms with Gasteiger partial charge in [-0.2, -0.15) is 0 Å². The molecule has 1 aliphatic carbocycles. The van der Waals surface area contributed by atoms with Crippen LogP contribution in [0.4, 0.5) is 0 Å². The van der Waals surface area contributed by atoms with E-state index in [-0.39, 0.29) is 5.60 Å². The van der Waals surface area contributed by atoms with Gasteiger partial charge in [0.15, 0.2) is 0 Å². The molecule has 0 aromatic rings. The van der Waals surface area contributed by atoms with E-state index in [4.69, 9.17) is 4.74 Å². The van der Waals surface area contributed by atoms with Gasteiger partial charge in [0, 0.05) is 0 Å². The van der Waals surface area contributed by atoms with Gasteiger partial charge in [0.1, 0.15) is 0 Å². The van der Waals surface area contributed by atoms with Crippen LogP contribution in [0.25, 0.3) is 0 Å². The average molecular weight is 208 g/mol. The largest absolute Gasteiger partial charge is 0.370 e. The molecule has 0 radical (unpaired) electrons. The van der Waals surface area contributed by atoms with Crippen LogP contribution in [-0.2, 0) is 4.74 Å². The maximum atomic E-state index is 6.16. The third-order valence-corrected chi connectivity index (χ3v) is 4.00. The van der Waals surface area contributed by atoms with Gasteiger partial charge in [-0.3, -0.25) is 0 Å². The van der Waals surface area contributed by atoms with E-state index >= 15 is 0 Å². The summed E-state index contributed by atoms with van der Waals surface area (Å²) in [5.41, 5.74) is 0.441. The number of ether oxygens (including phenoxy) is 1. The van der Waals surface area contributed by atoms with E-state index in [9.17, 15) is 0 Å². The molecule has 1 spiro atoms. The van der Waals surface area contributed by atoms with E-state index in [1.807, 2.05) is 0 Å². The minimum absolute atomic E-state index is 0.0781. The predicted octanol–water partition coefficient (Wildman–Crippen LogP) is 3.94. The molecule has 0 aromatic carbocycles. The summed E-state index contributed by atoms with van der Waals surface area (Å²) >= 11 is 0. The molecule has 0 N–H and O–H groups in total. The topological polar surface area (TPSA) is 9.23 Å². The van der Waals surface area contributed by atoms with Crippen molar-refractivity contribution in [1.82, 2.24) is 0 Å². The SMILES string of the molecule is CC(C)(C)[C@H]1CCCC[C@]12C=CCCO2. The first-order chi connectivity index (χ1) is 7.05. The van der Waals surface area contributed by atoms with Crippen LogP contribution < -0.4 is 0 Å². The molecule has 1 fully saturated rings. The molecule has 2 aliphatic rings. The summed E-state index contributed by atoms with van der Waals surface area (Å²) in [5.74, 6) is 0.690. The lowest BCUT2D eigenvalue weighted by Gasteiger charge is -2.49. The molecule has 15 heavy (non-hydrogen) atoms. The molecule has 1 heteroatoms. The van der Waals surface area contributed by atoms with Crippen LogP contribution >= 0.6 is 0 Å². The first-order valence-electron chi connectivity index (χ1n) is 6.36. The van der Waals surface area contributed by atoms with Crippen molar-refractivity contribution in [3.05, 3.63) is 12.2 Å². The van der Waals surface area contributed by atoms with E-state index in [0.29, 0.717) is 11.3 Å². The molecular weight excluding hydrogens is 184 g/mol. The van der Waals surface area contributed by atoms with Gasteiger partial charge >= 0.3 is 0 Å². The maximum Gasteiger partial charge on any atom is 0.0895 e. The second kappa shape index (κ2) is 3.93. The van der Waals surface area contributed by atoms with Crippen molar-refractivity contribution in [2.75, 3.05) is 6.61 Å². The van der Waals surface area contributed by atoms with Crippen LogP contribution in [0.1, 0.15) is 52.9 Å². The van der Waals surface area contributed by atoms with E-state index in [1.165, 1.54) is 25.7 Å². The fraction of sp³-hybridized carbons (Fsp3) is 0.857. The van der Waals surface area contributed by atoms with Crippen LogP contribution in [0.15, 0.2) is 12.2 Å². The summed E-state index contributed by atoms with van der Waals surface area (Å²) in [6, 6.07) is 0. The highest BCUT2D eigenvalue weighted by molar-refractivity contribution is 5.12. The molecule has 0 amide bonds. The Labute approximate surface area is 93.9 Å². The molecule has 2 atom stereocenters. The van der Waals surface area contributed by atoms with E-state index in [1.54, 1.807) is 0 Å². The fourth-order valence-corrected chi connectivity index (χ4v) is 3.35. The van der Waals surface area contributed by atoms with Crippen molar-refractivity contribution in [2.45, 2.75) is 58.5 Å². The highest BCUT2D eigenvalue weighted by Gasteiger charge is 2.45. The van der Waals surface area contributed by atoms with Crippen LogP contribution in [0.5, 0.6) is 0 Å². The van der Waals surface area contributed by atoms with E-state index in [0.717, 1.165) is 13.0 Å². The van der Waals surface area contributed by atoms with Crippen molar-refractivity contribution in [1.29, 1.82) is 0 Å². The Morgan fingerprint density at radius 1 is 1.27 bits per heavy atom. The molecule has 1 heterocycles. The van der Waals surface area contributed by atoms with Gasteiger partial charge in [-0.25, -0.2) is 0 Å². The number of hydrogen-bond acceptors (Lipinski definition) is 1. The Morgan fingerprint density at radius 3 is 2.67 bits per heavy atom. The zero-order chi connectivity index (χ0) is 10.9. The molecule has 1 aliphatic heterocycles. The highest BCUT2D eigenvalue weighted by atomic mass is 16.5. The average Bonchev–Trinajstić information content (AvgIpc) is 2.18. The monoisotopic (exact) mass is 208 g/mol. The third-order valence-electron chi connectivity index (χ3n) is 4.00. The first-order valence-corrected chi connectivity index (χ1v) is 6.36. The summed E-state index contributed by atoms with van der Waals surface area (Å²) in [6.07, 6.45) is 11.1. The lowest BCUT2D eigenvalue weighted by Crippen LogP contribution is -2.48. The summed E-state index contributed by atoms with van der Waals surface area (Å²) < 4.78 is 6.16. The van der Waals surface area contributed by atoms with Gasteiger partial charge in [0.05, 0.1) is 12.2 Å². The quantitative estimate of drug-likeness (QED) is 0.548. The minimum atomic E-state index is 0.0781. The summed E-state index contributed by atoms with van der Waals surface area (Å²) in [5, 5.41) is 0. The smallest absolute Gasteiger partial charge is 0.0895 e. The van der Waals surface area contributed by atoms with Crippen LogP contribution in [0.2, 0.25) is 0 Å². The van der Waals surface area contributed by atoms with Gasteiger partial charge in [-0.15, -0.1) is 0 Å². The van der Waals surface area contributed by atoms with Crippen molar-refractivity contribution < 1.29 is 4.74 Å². The zero-order valence-electron chi connectivity index (χ0n) is 10.4. The van der Waals surface area contributed by atoms with Gasteiger partial charge in [-0.1, -0.05) is 45.8 Å². The molecule has 1 nitrogen and oxygen atoms in total. The second-order valence-electron chi connectivity index (χ2n) is 6.16. The van der Waals surface area contributed by atoms with Crippen LogP contribution in [-0.4, -0.2) is 12.2 Å². The second-order valence-corrected chi connectivity index (χ2v) is 6.16. The summed E-state index contributed by atoms with van der Waals surface area (Å²) in [6.45, 7) is 7.99. The predicted molar refractivity (Wildman–Crippen MR) is 63.9 cm³/mol. The Kier molecular flexibility index (Phi) is 2.94. The fourth-order valence-electron chi connectivity index (χ4n) is 3.35. The normalized spacial score (nSPS) is 37.1. The number of rotatable bonds is 0. The lowest BCUT2D eigenvalue weighted by molar-refractivity contribution is -0.109. The Bertz CT molecular complexity index is 249. The molecule has 2 rings (SSSR count). The molecule has 86 valence electrons. The molecular formula is C14H24O. The standard InChI is InChI=1S/C14H24O/c1-13(2,3)12-8-4-5-9-14(12)10-6-7-11-15-14/h6,10,12H,4-5,7-9,11H2,1-3H3/t12-,14+/m1/s1. The van der Waals surface area contributed by atoms with Crippen molar-refractivity contribution >= 4 is 0 Å². The van der Waals surface area contributed by atoms with Crippen LogP contribution in [0.3, 0.4) is 0 Å². The Morgan fingerprint density at radius 2 is 2.07 bits per heavy atom. The minimum Gasteiger partial charge on any atom is -0.370 e. The van der Waals surface area contributed by atoms with Crippen molar-refractivity contribution in [3.8, 4) is 0 Å². The van der Waals surface area contributed by atoms with Gasteiger partial charge < -0.3 is 4.74 Å².